The molecule has 2 atom stereocenters. The molecule has 0 radical (unpaired) electrons. The van der Waals surface area contributed by atoms with Crippen molar-refractivity contribution in [2.75, 3.05) is 0 Å². The highest BCUT2D eigenvalue weighted by molar-refractivity contribution is 5.75. The Morgan fingerprint density at radius 3 is 2.77 bits per heavy atom. The van der Waals surface area contributed by atoms with E-state index in [2.05, 4.69) is 20.8 Å². The summed E-state index contributed by atoms with van der Waals surface area (Å²) in [7, 11) is 0. The summed E-state index contributed by atoms with van der Waals surface area (Å²) in [5, 5.41) is 0. The first-order valence-corrected chi connectivity index (χ1v) is 5.33. The van der Waals surface area contributed by atoms with Crippen molar-refractivity contribution in [1.82, 2.24) is 0 Å². The number of allylic oxidation sites excluding steroid dienone is 2. The van der Waals surface area contributed by atoms with E-state index in [1.807, 2.05) is 0 Å². The fourth-order valence-corrected chi connectivity index (χ4v) is 2.50. The van der Waals surface area contributed by atoms with E-state index in [9.17, 15) is 4.79 Å². The molecule has 0 amide bonds. The van der Waals surface area contributed by atoms with Gasteiger partial charge >= 0.3 is 0 Å². The molecule has 2 unspecified atom stereocenters. The monoisotopic (exact) mass is 180 g/mol. The van der Waals surface area contributed by atoms with Gasteiger partial charge in [-0.2, -0.15) is 0 Å². The summed E-state index contributed by atoms with van der Waals surface area (Å²) in [6, 6.07) is 0. The number of carbonyl (C=O) groups excluding carboxylic acids is 1. The third-order valence-corrected chi connectivity index (χ3v) is 3.04. The van der Waals surface area contributed by atoms with Crippen molar-refractivity contribution in [3.05, 3.63) is 11.1 Å². The molecule has 0 fully saturated rings. The maximum atomic E-state index is 10.9. The van der Waals surface area contributed by atoms with Gasteiger partial charge in [0.2, 0.25) is 0 Å². The summed E-state index contributed by atoms with van der Waals surface area (Å²) in [6.45, 7) is 6.59. The van der Waals surface area contributed by atoms with Crippen LogP contribution in [-0.2, 0) is 4.79 Å². The van der Waals surface area contributed by atoms with Gasteiger partial charge in [-0.05, 0) is 43.6 Å². The largest absolute Gasteiger partial charge is 0.298 e. The zero-order chi connectivity index (χ0) is 9.84. The van der Waals surface area contributed by atoms with Gasteiger partial charge in [0.1, 0.15) is 6.29 Å². The van der Waals surface area contributed by atoms with E-state index >= 15 is 0 Å². The Balaban J connectivity index is 2.80. The minimum Gasteiger partial charge on any atom is -0.298 e. The third kappa shape index (κ3) is 2.43. The molecule has 1 aliphatic rings. The van der Waals surface area contributed by atoms with Crippen molar-refractivity contribution in [3.63, 3.8) is 0 Å². The van der Waals surface area contributed by atoms with Crippen molar-refractivity contribution in [2.24, 2.45) is 11.8 Å². The fraction of sp³-hybridized carbons (Fsp3) is 0.750. The van der Waals surface area contributed by atoms with Crippen LogP contribution in [0.5, 0.6) is 0 Å². The van der Waals surface area contributed by atoms with E-state index in [0.29, 0.717) is 5.92 Å². The van der Waals surface area contributed by atoms with E-state index in [1.165, 1.54) is 24.8 Å². The Hall–Kier alpha value is -0.590. The molecule has 74 valence electrons. The first-order chi connectivity index (χ1) is 6.19. The van der Waals surface area contributed by atoms with E-state index < -0.39 is 0 Å². The van der Waals surface area contributed by atoms with Crippen LogP contribution in [0, 0.1) is 11.8 Å². The van der Waals surface area contributed by atoms with Crippen LogP contribution >= 0.6 is 0 Å². The first-order valence-electron chi connectivity index (χ1n) is 5.33. The van der Waals surface area contributed by atoms with Gasteiger partial charge in [-0.25, -0.2) is 0 Å². The molecule has 0 heterocycles. The quantitative estimate of drug-likeness (QED) is 0.609. The van der Waals surface area contributed by atoms with Crippen molar-refractivity contribution < 1.29 is 4.79 Å². The lowest BCUT2D eigenvalue weighted by molar-refractivity contribution is -0.105. The van der Waals surface area contributed by atoms with Gasteiger partial charge in [-0.3, -0.25) is 4.79 Å². The molecular formula is C12H20O. The number of hydrogen-bond acceptors (Lipinski definition) is 1. The first kappa shape index (κ1) is 10.5. The molecule has 1 rings (SSSR count). The lowest BCUT2D eigenvalue weighted by Gasteiger charge is -2.28. The predicted molar refractivity (Wildman–Crippen MR) is 55.6 cm³/mol. The third-order valence-electron chi connectivity index (χ3n) is 3.04. The van der Waals surface area contributed by atoms with Crippen LogP contribution in [0.25, 0.3) is 0 Å². The van der Waals surface area contributed by atoms with Crippen molar-refractivity contribution in [2.45, 2.75) is 46.5 Å². The maximum absolute atomic E-state index is 10.9. The molecule has 0 saturated heterocycles. The summed E-state index contributed by atoms with van der Waals surface area (Å²) in [5.74, 6) is 1.31. The van der Waals surface area contributed by atoms with Gasteiger partial charge in [-0.15, -0.1) is 0 Å². The van der Waals surface area contributed by atoms with Gasteiger partial charge in [0.05, 0.1) is 0 Å². The van der Waals surface area contributed by atoms with Gasteiger partial charge in [0.25, 0.3) is 0 Å². The van der Waals surface area contributed by atoms with Crippen LogP contribution in [0.4, 0.5) is 0 Å². The van der Waals surface area contributed by atoms with Gasteiger partial charge < -0.3 is 0 Å². The average Bonchev–Trinajstić information content (AvgIpc) is 2.04. The number of aldehydes is 1. The highest BCUT2D eigenvalue weighted by Gasteiger charge is 2.23. The molecule has 0 bridgehead atoms. The van der Waals surface area contributed by atoms with Crippen LogP contribution in [0.1, 0.15) is 46.5 Å². The summed E-state index contributed by atoms with van der Waals surface area (Å²) in [6.07, 6.45) is 5.77. The molecule has 0 aromatic rings. The molecule has 0 aromatic carbocycles. The average molecular weight is 180 g/mol. The smallest absolute Gasteiger partial charge is 0.146 e. The highest BCUT2D eigenvalue weighted by atomic mass is 16.1. The molecule has 1 aliphatic carbocycles. The topological polar surface area (TPSA) is 17.1 Å². The Morgan fingerprint density at radius 2 is 2.23 bits per heavy atom. The second kappa shape index (κ2) is 4.59. The van der Waals surface area contributed by atoms with E-state index in [0.717, 1.165) is 24.2 Å². The molecule has 1 heteroatoms. The Kier molecular flexibility index (Phi) is 3.71. The van der Waals surface area contributed by atoms with Crippen molar-refractivity contribution in [3.8, 4) is 0 Å². The van der Waals surface area contributed by atoms with Gasteiger partial charge in [0, 0.05) is 0 Å². The summed E-state index contributed by atoms with van der Waals surface area (Å²) < 4.78 is 0. The standard InChI is InChI=1S/C12H20O/c1-4-5-11-7-9(2)6-10(3)12(11)8-13/h8-9,11H,4-7H2,1-3H3. The van der Waals surface area contributed by atoms with Crippen LogP contribution < -0.4 is 0 Å². The fourth-order valence-electron chi connectivity index (χ4n) is 2.50. The minimum absolute atomic E-state index is 0.547. The van der Waals surface area contributed by atoms with E-state index in [1.54, 1.807) is 0 Å². The second-order valence-corrected chi connectivity index (χ2v) is 4.38. The normalized spacial score (nSPS) is 29.2. The molecule has 0 spiro atoms. The minimum atomic E-state index is 0.547. The SMILES string of the molecule is CCCC1CC(C)CC(C)=C1C=O. The number of rotatable bonds is 3. The van der Waals surface area contributed by atoms with Crippen LogP contribution in [-0.4, -0.2) is 6.29 Å². The summed E-state index contributed by atoms with van der Waals surface area (Å²) in [4.78, 5) is 10.9. The van der Waals surface area contributed by atoms with Crippen LogP contribution in [0.2, 0.25) is 0 Å². The lowest BCUT2D eigenvalue weighted by Crippen LogP contribution is -2.17. The molecule has 0 aromatic heterocycles. The van der Waals surface area contributed by atoms with Crippen LogP contribution in [0.3, 0.4) is 0 Å². The molecule has 0 aliphatic heterocycles. The maximum Gasteiger partial charge on any atom is 0.146 e. The predicted octanol–water partition coefficient (Wildman–Crippen LogP) is 3.35. The summed E-state index contributed by atoms with van der Waals surface area (Å²) >= 11 is 0. The van der Waals surface area contributed by atoms with E-state index in [4.69, 9.17) is 0 Å². The number of carbonyl (C=O) groups is 1. The Labute approximate surface area is 81.2 Å². The van der Waals surface area contributed by atoms with Gasteiger partial charge in [-0.1, -0.05) is 25.8 Å². The van der Waals surface area contributed by atoms with E-state index in [-0.39, 0.29) is 0 Å². The lowest BCUT2D eigenvalue weighted by atomic mass is 9.76. The number of hydrogen-bond donors (Lipinski definition) is 0. The molecule has 0 N–H and O–H groups in total. The molecule has 0 saturated carbocycles. The molecule has 1 nitrogen and oxygen atoms in total. The van der Waals surface area contributed by atoms with Crippen molar-refractivity contribution >= 4 is 6.29 Å². The van der Waals surface area contributed by atoms with Gasteiger partial charge in [0.15, 0.2) is 0 Å². The molecular weight excluding hydrogens is 160 g/mol. The Morgan fingerprint density at radius 1 is 1.54 bits per heavy atom. The highest BCUT2D eigenvalue weighted by Crippen LogP contribution is 2.35. The zero-order valence-electron chi connectivity index (χ0n) is 8.97. The van der Waals surface area contributed by atoms with Crippen LogP contribution in [0.15, 0.2) is 11.1 Å². The Bertz CT molecular complexity index is 215. The second-order valence-electron chi connectivity index (χ2n) is 4.38. The zero-order valence-corrected chi connectivity index (χ0v) is 8.97. The molecule has 13 heavy (non-hydrogen) atoms. The summed E-state index contributed by atoms with van der Waals surface area (Å²) in [5.41, 5.74) is 2.42. The van der Waals surface area contributed by atoms with Crippen molar-refractivity contribution in [1.29, 1.82) is 0 Å².